The molecule has 0 spiro atoms. The number of carboxylic acid groups (broad SMARTS) is 1. The van der Waals surface area contributed by atoms with Crippen LogP contribution in [-0.4, -0.2) is 79.3 Å². The van der Waals surface area contributed by atoms with E-state index in [4.69, 9.17) is 9.84 Å². The zero-order valence-corrected chi connectivity index (χ0v) is 11.1. The van der Waals surface area contributed by atoms with Gasteiger partial charge in [-0.15, -0.1) is 0 Å². The molecule has 0 saturated carbocycles. The zero-order valence-electron chi connectivity index (χ0n) is 11.1. The number of hydrogen-bond acceptors (Lipinski definition) is 4. The number of nitrogens with zero attached hydrogens (tertiary/aromatic N) is 2. The van der Waals surface area contributed by atoms with Crippen molar-refractivity contribution in [2.75, 3.05) is 40.3 Å². The quantitative estimate of drug-likeness (QED) is 0.666. The molecule has 0 aromatic carbocycles. The molecule has 1 atom stereocenters. The highest BCUT2D eigenvalue weighted by Gasteiger charge is 2.25. The van der Waals surface area contributed by atoms with Crippen molar-refractivity contribution in [1.29, 1.82) is 0 Å². The fourth-order valence-corrected chi connectivity index (χ4v) is 1.68. The molecule has 0 radical (unpaired) electrons. The normalized spacial score (nSPS) is 17.3. The van der Waals surface area contributed by atoms with Gasteiger partial charge in [-0.2, -0.15) is 0 Å². The van der Waals surface area contributed by atoms with Crippen LogP contribution < -0.4 is 5.32 Å². The molecule has 1 aliphatic rings. The summed E-state index contributed by atoms with van der Waals surface area (Å²) in [6.07, 6.45) is -0.761. The SMILES string of the molecule is COC(CNC(=O)N1CCN(C)C(=O)C1)CC(=O)O. The average molecular weight is 273 g/mol. The first kappa shape index (κ1) is 15.2. The molecule has 108 valence electrons. The van der Waals surface area contributed by atoms with Crippen LogP contribution in [0.4, 0.5) is 4.79 Å². The predicted octanol–water partition coefficient (Wildman–Crippen LogP) is -1.04. The molecule has 0 bridgehead atoms. The highest BCUT2D eigenvalue weighted by molar-refractivity contribution is 5.85. The molecule has 1 saturated heterocycles. The van der Waals surface area contributed by atoms with Crippen LogP contribution in [0.25, 0.3) is 0 Å². The number of rotatable bonds is 5. The number of piperazine rings is 1. The molecule has 1 aliphatic heterocycles. The van der Waals surface area contributed by atoms with E-state index in [9.17, 15) is 14.4 Å². The summed E-state index contributed by atoms with van der Waals surface area (Å²) in [5.74, 6) is -1.11. The second kappa shape index (κ2) is 6.93. The summed E-state index contributed by atoms with van der Waals surface area (Å²) >= 11 is 0. The van der Waals surface area contributed by atoms with Crippen molar-refractivity contribution in [1.82, 2.24) is 15.1 Å². The predicted molar refractivity (Wildman–Crippen MR) is 65.7 cm³/mol. The molecule has 19 heavy (non-hydrogen) atoms. The molecule has 0 aliphatic carbocycles. The van der Waals surface area contributed by atoms with Gasteiger partial charge in [0.2, 0.25) is 5.91 Å². The number of ether oxygens (including phenoxy) is 1. The lowest BCUT2D eigenvalue weighted by Crippen LogP contribution is -2.54. The Morgan fingerprint density at radius 3 is 2.68 bits per heavy atom. The summed E-state index contributed by atoms with van der Waals surface area (Å²) in [5, 5.41) is 11.2. The maximum absolute atomic E-state index is 11.8. The Morgan fingerprint density at radius 2 is 2.16 bits per heavy atom. The smallest absolute Gasteiger partial charge is 0.318 e. The first-order valence-electron chi connectivity index (χ1n) is 5.95. The third kappa shape index (κ3) is 4.74. The minimum atomic E-state index is -0.990. The summed E-state index contributed by atoms with van der Waals surface area (Å²) in [6.45, 7) is 1.10. The third-order valence-electron chi connectivity index (χ3n) is 2.96. The van der Waals surface area contributed by atoms with E-state index >= 15 is 0 Å². The number of carbonyl (C=O) groups is 3. The number of hydrogen-bond donors (Lipinski definition) is 2. The molecule has 1 heterocycles. The minimum absolute atomic E-state index is 0.0406. The Bertz CT molecular complexity index is 360. The largest absolute Gasteiger partial charge is 0.481 e. The summed E-state index contributed by atoms with van der Waals surface area (Å²) in [7, 11) is 3.07. The molecule has 1 fully saturated rings. The van der Waals surface area contributed by atoms with Crippen molar-refractivity contribution in [3.05, 3.63) is 0 Å². The van der Waals surface area contributed by atoms with Crippen LogP contribution >= 0.6 is 0 Å². The summed E-state index contributed by atoms with van der Waals surface area (Å²) in [4.78, 5) is 36.7. The van der Waals surface area contributed by atoms with Crippen LogP contribution in [-0.2, 0) is 14.3 Å². The van der Waals surface area contributed by atoms with E-state index in [1.807, 2.05) is 0 Å². The number of amides is 3. The Balaban J connectivity index is 2.38. The number of aliphatic carboxylic acids is 1. The van der Waals surface area contributed by atoms with Crippen LogP contribution in [0.5, 0.6) is 0 Å². The maximum atomic E-state index is 11.8. The Hall–Kier alpha value is -1.83. The van der Waals surface area contributed by atoms with Crippen LogP contribution in [0, 0.1) is 0 Å². The lowest BCUT2D eigenvalue weighted by atomic mass is 10.2. The van der Waals surface area contributed by atoms with Gasteiger partial charge in [0.25, 0.3) is 0 Å². The molecule has 3 amide bonds. The number of carboxylic acids is 1. The molecule has 1 rings (SSSR count). The third-order valence-corrected chi connectivity index (χ3v) is 2.96. The lowest BCUT2D eigenvalue weighted by molar-refractivity contribution is -0.139. The Kier molecular flexibility index (Phi) is 5.56. The van der Waals surface area contributed by atoms with E-state index in [1.54, 1.807) is 11.9 Å². The van der Waals surface area contributed by atoms with Gasteiger partial charge in [-0.1, -0.05) is 0 Å². The number of methoxy groups -OCH3 is 1. The van der Waals surface area contributed by atoms with E-state index in [0.717, 1.165) is 0 Å². The van der Waals surface area contributed by atoms with E-state index in [1.165, 1.54) is 12.0 Å². The Morgan fingerprint density at radius 1 is 1.47 bits per heavy atom. The average Bonchev–Trinajstić information content (AvgIpc) is 2.36. The van der Waals surface area contributed by atoms with Gasteiger partial charge in [0.1, 0.15) is 6.54 Å². The molecule has 2 N–H and O–H groups in total. The van der Waals surface area contributed by atoms with Crippen molar-refractivity contribution < 1.29 is 24.2 Å². The summed E-state index contributed by atoms with van der Waals surface area (Å²) < 4.78 is 4.95. The topological polar surface area (TPSA) is 99.2 Å². The van der Waals surface area contributed by atoms with Gasteiger partial charge in [-0.3, -0.25) is 9.59 Å². The van der Waals surface area contributed by atoms with E-state index < -0.39 is 12.1 Å². The number of urea groups is 1. The molecule has 8 heteroatoms. The van der Waals surface area contributed by atoms with E-state index in [2.05, 4.69) is 5.32 Å². The van der Waals surface area contributed by atoms with Gasteiger partial charge in [-0.25, -0.2) is 4.79 Å². The second-order valence-corrected chi connectivity index (χ2v) is 4.38. The fourth-order valence-electron chi connectivity index (χ4n) is 1.68. The first-order valence-corrected chi connectivity index (χ1v) is 5.95. The standard InChI is InChI=1S/C11H19N3O5/c1-13-3-4-14(7-9(13)15)11(18)12-6-8(19-2)5-10(16)17/h8H,3-7H2,1-2H3,(H,12,18)(H,16,17). The molecule has 8 nitrogen and oxygen atoms in total. The van der Waals surface area contributed by atoms with Crippen LogP contribution in [0.2, 0.25) is 0 Å². The molecular weight excluding hydrogens is 254 g/mol. The molecule has 1 unspecified atom stereocenters. The van der Waals surface area contributed by atoms with Gasteiger partial charge in [0, 0.05) is 33.8 Å². The number of nitrogens with one attached hydrogen (secondary N) is 1. The lowest BCUT2D eigenvalue weighted by Gasteiger charge is -2.32. The van der Waals surface area contributed by atoms with E-state index in [-0.39, 0.29) is 31.4 Å². The van der Waals surface area contributed by atoms with Gasteiger partial charge in [-0.05, 0) is 0 Å². The van der Waals surface area contributed by atoms with Crippen molar-refractivity contribution in [3.8, 4) is 0 Å². The molecular formula is C11H19N3O5. The van der Waals surface area contributed by atoms with Crippen LogP contribution in [0.1, 0.15) is 6.42 Å². The van der Waals surface area contributed by atoms with E-state index in [0.29, 0.717) is 13.1 Å². The van der Waals surface area contributed by atoms with Gasteiger partial charge in [0.05, 0.1) is 12.5 Å². The van der Waals surface area contributed by atoms with Crippen molar-refractivity contribution in [2.45, 2.75) is 12.5 Å². The maximum Gasteiger partial charge on any atom is 0.318 e. The zero-order chi connectivity index (χ0) is 14.4. The van der Waals surface area contributed by atoms with Crippen molar-refractivity contribution >= 4 is 17.9 Å². The number of likely N-dealkylation sites (N-methyl/N-ethyl adjacent to an activating group) is 1. The monoisotopic (exact) mass is 273 g/mol. The van der Waals surface area contributed by atoms with Crippen LogP contribution in [0.3, 0.4) is 0 Å². The minimum Gasteiger partial charge on any atom is -0.481 e. The Labute approximate surface area is 111 Å². The number of carbonyl (C=O) groups excluding carboxylic acids is 2. The van der Waals surface area contributed by atoms with Crippen molar-refractivity contribution in [3.63, 3.8) is 0 Å². The van der Waals surface area contributed by atoms with Gasteiger partial charge in [0.15, 0.2) is 0 Å². The molecule has 0 aromatic rings. The fraction of sp³-hybridized carbons (Fsp3) is 0.727. The van der Waals surface area contributed by atoms with Gasteiger partial charge < -0.3 is 25.0 Å². The second-order valence-electron chi connectivity index (χ2n) is 4.38. The van der Waals surface area contributed by atoms with Gasteiger partial charge >= 0.3 is 12.0 Å². The summed E-state index contributed by atoms with van der Waals surface area (Å²) in [6, 6.07) is -0.381. The molecule has 0 aromatic heterocycles. The van der Waals surface area contributed by atoms with Crippen molar-refractivity contribution in [2.24, 2.45) is 0 Å². The first-order chi connectivity index (χ1) is 8.93. The summed E-state index contributed by atoms with van der Waals surface area (Å²) in [5.41, 5.74) is 0. The highest BCUT2D eigenvalue weighted by atomic mass is 16.5. The van der Waals surface area contributed by atoms with Crippen LogP contribution in [0.15, 0.2) is 0 Å². The highest BCUT2D eigenvalue weighted by Crippen LogP contribution is 2.02.